The monoisotopic (exact) mass is 466 g/mol. The van der Waals surface area contributed by atoms with Gasteiger partial charge in [0.1, 0.15) is 5.22 Å². The first-order valence-electron chi connectivity index (χ1n) is 9.35. The Balaban J connectivity index is 0.00000218. The number of hydrogen-bond donors (Lipinski definition) is 1. The van der Waals surface area contributed by atoms with Crippen LogP contribution in [0.2, 0.25) is 0 Å². The van der Waals surface area contributed by atoms with Crippen molar-refractivity contribution in [3.63, 3.8) is 0 Å². The molecule has 1 aliphatic heterocycles. The number of nitro groups is 1. The number of halogens is 1. The van der Waals surface area contributed by atoms with E-state index >= 15 is 0 Å². The number of nitrogens with zero attached hydrogens (tertiary/aromatic N) is 4. The average molecular weight is 467 g/mol. The Labute approximate surface area is 181 Å². The summed E-state index contributed by atoms with van der Waals surface area (Å²) >= 11 is 0. The van der Waals surface area contributed by atoms with Crippen LogP contribution < -0.4 is 33.1 Å². The molecule has 0 saturated carbocycles. The van der Waals surface area contributed by atoms with Gasteiger partial charge < -0.3 is 22.3 Å². The predicted molar refractivity (Wildman–Crippen MR) is 109 cm³/mol. The number of para-hydroxylation sites is 1. The molecule has 30 heavy (non-hydrogen) atoms. The summed E-state index contributed by atoms with van der Waals surface area (Å²) in [6.07, 6.45) is 3.51. The van der Waals surface area contributed by atoms with Crippen molar-refractivity contribution in [3.05, 3.63) is 86.5 Å². The number of hydrogen-bond acceptors (Lipinski definition) is 5. The maximum absolute atomic E-state index is 13.3. The average Bonchev–Trinajstić information content (AvgIpc) is 3.45. The molecule has 0 radical (unpaired) electrons. The molecular formula is C21H17BrN5O3-. The fourth-order valence-electron chi connectivity index (χ4n) is 3.79. The van der Waals surface area contributed by atoms with E-state index in [1.165, 1.54) is 12.1 Å². The van der Waals surface area contributed by atoms with Crippen LogP contribution in [-0.2, 0) is 0 Å². The molecule has 0 unspecified atom stereocenters. The number of nitro benzene ring substituents is 1. The molecule has 2 aromatic heterocycles. The van der Waals surface area contributed by atoms with Crippen LogP contribution in [0.1, 0.15) is 12.8 Å². The fraction of sp³-hybridized carbons (Fsp3) is 0.143. The number of imidazole rings is 1. The minimum absolute atomic E-state index is 0. The highest BCUT2D eigenvalue weighted by Gasteiger charge is 2.20. The number of aromatic nitrogens is 3. The van der Waals surface area contributed by atoms with Crippen LogP contribution in [0.25, 0.3) is 28.3 Å². The van der Waals surface area contributed by atoms with E-state index in [-0.39, 0.29) is 28.2 Å². The normalized spacial score (nSPS) is 15.1. The van der Waals surface area contributed by atoms with E-state index in [0.29, 0.717) is 22.1 Å². The quantitative estimate of drug-likeness (QED) is 0.317. The summed E-state index contributed by atoms with van der Waals surface area (Å²) < 4.78 is 3.32. The molecular weight excluding hydrogens is 450 g/mol. The summed E-state index contributed by atoms with van der Waals surface area (Å²) in [6, 6.07) is 15.7. The lowest BCUT2D eigenvalue weighted by Gasteiger charge is -2.03. The van der Waals surface area contributed by atoms with E-state index in [2.05, 4.69) is 5.32 Å². The van der Waals surface area contributed by atoms with Crippen molar-refractivity contribution in [3.8, 4) is 16.9 Å². The van der Waals surface area contributed by atoms with Gasteiger partial charge in [0.05, 0.1) is 22.5 Å². The van der Waals surface area contributed by atoms with Gasteiger partial charge >= 0.3 is 0 Å². The third-order valence-corrected chi connectivity index (χ3v) is 5.13. The van der Waals surface area contributed by atoms with Gasteiger partial charge in [-0.15, -0.1) is 0 Å². The second-order valence-electron chi connectivity index (χ2n) is 6.94. The molecule has 3 heterocycles. The topological polar surface area (TPSA) is 94.5 Å². The lowest BCUT2D eigenvalue weighted by Crippen LogP contribution is -3.00. The summed E-state index contributed by atoms with van der Waals surface area (Å²) in [5, 5.41) is 15.0. The van der Waals surface area contributed by atoms with E-state index in [1.54, 1.807) is 27.5 Å². The molecule has 5 rings (SSSR count). The minimum atomic E-state index is -0.428. The van der Waals surface area contributed by atoms with Gasteiger partial charge in [-0.05, 0) is 25.0 Å². The van der Waals surface area contributed by atoms with Gasteiger partial charge in [-0.3, -0.25) is 14.9 Å². The van der Waals surface area contributed by atoms with Crippen molar-refractivity contribution in [2.24, 2.45) is 0 Å². The summed E-state index contributed by atoms with van der Waals surface area (Å²) in [6.45, 7) is 0.829. The van der Waals surface area contributed by atoms with Crippen LogP contribution in [0, 0.1) is 10.1 Å². The second-order valence-corrected chi connectivity index (χ2v) is 6.94. The third kappa shape index (κ3) is 3.17. The van der Waals surface area contributed by atoms with Crippen LogP contribution in [-0.4, -0.2) is 25.6 Å². The van der Waals surface area contributed by atoms with Gasteiger partial charge in [0.25, 0.3) is 11.2 Å². The van der Waals surface area contributed by atoms with Crippen LogP contribution in [0.4, 0.5) is 5.69 Å². The molecule has 152 valence electrons. The first-order chi connectivity index (χ1) is 14.1. The van der Waals surface area contributed by atoms with Crippen LogP contribution >= 0.6 is 0 Å². The Morgan fingerprint density at radius 3 is 2.60 bits per heavy atom. The molecule has 0 bridgehead atoms. The highest BCUT2D eigenvalue weighted by molar-refractivity contribution is 5.67. The summed E-state index contributed by atoms with van der Waals surface area (Å²) in [4.78, 5) is 28.7. The molecule has 4 aromatic rings. The zero-order chi connectivity index (χ0) is 20.0. The van der Waals surface area contributed by atoms with E-state index in [1.807, 2.05) is 30.3 Å². The Hall–Kier alpha value is -3.46. The predicted octanol–water partition coefficient (Wildman–Crippen LogP) is -0.725. The van der Waals surface area contributed by atoms with Crippen molar-refractivity contribution < 1.29 is 21.9 Å². The fourth-order valence-corrected chi connectivity index (χ4v) is 3.79. The molecule has 1 saturated heterocycles. The Morgan fingerprint density at radius 2 is 1.90 bits per heavy atom. The van der Waals surface area contributed by atoms with E-state index < -0.39 is 4.92 Å². The van der Waals surface area contributed by atoms with E-state index in [9.17, 15) is 14.9 Å². The first-order valence-corrected chi connectivity index (χ1v) is 9.35. The first kappa shape index (κ1) is 19.8. The molecule has 1 fully saturated rings. The zero-order valence-electron chi connectivity index (χ0n) is 15.8. The standard InChI is InChI=1S/C21H17N5O3.BrH/c27-21-19(17-10-5-11-22-17)20-23-18(14-6-4-9-16(12-14)26(28)29)13-24(20)25(21)15-7-2-1-3-8-15;/h1-4,6-9,12-13,22H,5,10-11H2;1H/p-1/b19-17-;. The molecule has 1 N–H and O–H groups in total. The molecule has 0 aliphatic carbocycles. The largest absolute Gasteiger partial charge is 1.00 e. The Morgan fingerprint density at radius 1 is 1.10 bits per heavy atom. The van der Waals surface area contributed by atoms with Crippen LogP contribution in [0.15, 0.2) is 65.6 Å². The molecule has 2 aromatic carbocycles. The van der Waals surface area contributed by atoms with Gasteiger partial charge in [-0.25, -0.2) is 14.2 Å². The highest BCUT2D eigenvalue weighted by atomic mass is 79.9. The zero-order valence-corrected chi connectivity index (χ0v) is 17.4. The van der Waals surface area contributed by atoms with Gasteiger partial charge in [-0.1, -0.05) is 30.3 Å². The lowest BCUT2D eigenvalue weighted by molar-refractivity contribution is -0.384. The van der Waals surface area contributed by atoms with Crippen molar-refractivity contribution in [2.45, 2.75) is 12.8 Å². The van der Waals surface area contributed by atoms with E-state index in [4.69, 9.17) is 4.98 Å². The van der Waals surface area contributed by atoms with Gasteiger partial charge in [0.2, 0.25) is 0 Å². The number of nitrogens with one attached hydrogen (secondary N) is 1. The second kappa shape index (κ2) is 7.75. The number of non-ortho nitro benzene ring substituents is 1. The molecule has 1 aliphatic rings. The van der Waals surface area contributed by atoms with Crippen molar-refractivity contribution >= 4 is 17.0 Å². The number of rotatable bonds is 3. The van der Waals surface area contributed by atoms with Crippen molar-refractivity contribution in [2.75, 3.05) is 6.54 Å². The van der Waals surface area contributed by atoms with E-state index in [0.717, 1.165) is 30.8 Å². The van der Waals surface area contributed by atoms with Crippen molar-refractivity contribution in [1.82, 2.24) is 19.5 Å². The van der Waals surface area contributed by atoms with Crippen LogP contribution in [0.3, 0.4) is 0 Å². The SMILES string of the molecule is O=c1/c(=C2/CCCN2)c2nc(-c3cccc([N+](=O)[O-])c3)cn2n1-c1ccccc1.[Br-]. The summed E-state index contributed by atoms with van der Waals surface area (Å²) in [7, 11) is 0. The molecule has 8 nitrogen and oxygen atoms in total. The lowest BCUT2D eigenvalue weighted by atomic mass is 10.1. The number of benzene rings is 2. The third-order valence-electron chi connectivity index (χ3n) is 5.13. The van der Waals surface area contributed by atoms with Crippen LogP contribution in [0.5, 0.6) is 0 Å². The minimum Gasteiger partial charge on any atom is -1.00 e. The number of fused-ring (bicyclic) bond motifs is 1. The maximum atomic E-state index is 13.3. The molecule has 9 heteroatoms. The summed E-state index contributed by atoms with van der Waals surface area (Å²) in [5.74, 6) is 0. The Kier molecular flexibility index (Phi) is 5.13. The van der Waals surface area contributed by atoms with Gasteiger partial charge in [-0.2, -0.15) is 0 Å². The molecule has 0 spiro atoms. The smallest absolute Gasteiger partial charge is 0.283 e. The summed E-state index contributed by atoms with van der Waals surface area (Å²) in [5.41, 5.74) is 3.25. The highest BCUT2D eigenvalue weighted by Crippen LogP contribution is 2.23. The van der Waals surface area contributed by atoms with Gasteiger partial charge in [0, 0.05) is 29.9 Å². The van der Waals surface area contributed by atoms with Gasteiger partial charge in [0.15, 0.2) is 5.65 Å². The molecule has 0 amide bonds. The maximum Gasteiger partial charge on any atom is 0.283 e. The molecule has 0 atom stereocenters. The Bertz CT molecular complexity index is 1350. The van der Waals surface area contributed by atoms with Crippen molar-refractivity contribution in [1.29, 1.82) is 0 Å².